The van der Waals surface area contributed by atoms with Gasteiger partial charge >= 0.3 is 17.9 Å². The summed E-state index contributed by atoms with van der Waals surface area (Å²) in [5, 5.41) is 55.7. The molecule has 0 bridgehead atoms. The number of halogens is 2. The molecule has 2 amide bonds. The summed E-state index contributed by atoms with van der Waals surface area (Å²) in [4.78, 5) is 79.1. The van der Waals surface area contributed by atoms with Crippen molar-refractivity contribution in [2.75, 3.05) is 19.0 Å². The van der Waals surface area contributed by atoms with Gasteiger partial charge in [-0.2, -0.15) is 0 Å². The Bertz CT molecular complexity index is 3810. The summed E-state index contributed by atoms with van der Waals surface area (Å²) in [6.45, 7) is -0.397. The third-order valence-electron chi connectivity index (χ3n) is 11.9. The minimum Gasteiger partial charge on any atom is -0.507 e. The number of nitrogens with zero attached hydrogens (tertiary/aromatic N) is 1. The monoisotopic (exact) mass is 990 g/mol. The van der Waals surface area contributed by atoms with Gasteiger partial charge in [-0.25, -0.2) is 14.4 Å². The molecule has 0 spiro atoms. The van der Waals surface area contributed by atoms with Gasteiger partial charge in [0.2, 0.25) is 0 Å². The van der Waals surface area contributed by atoms with Crippen molar-refractivity contribution < 1.29 is 53.2 Å². The number of phenols is 1. The highest BCUT2D eigenvalue weighted by Gasteiger charge is 2.30. The van der Waals surface area contributed by atoms with E-state index in [-0.39, 0.29) is 95.5 Å². The Morgan fingerprint density at radius 2 is 1.30 bits per heavy atom. The standard InChI is InChI=1S/C53H36Cl2N4O12/c1-59(2)28-9-13-33-41(19-28)70-40-18-27(56)8-12-32(40)44(33)45-38(54)21-36(47(55)46(45)53(68)69)50(63)57-22-24-3-5-25(6-4-24)49(62)58-23-37-39(61)16-15-34-43(31-14-10-29(60)20-42(31)71-48(34)37)35-17-26(51(64)65)7-11-30(35)52(66)67/h3-21,56,61H,22-23H2,1-2H3,(H,57,63)(H,58,62)(H,64,65)(H,66,67)(H,68,69). The van der Waals surface area contributed by atoms with E-state index in [4.69, 9.17) is 37.4 Å². The van der Waals surface area contributed by atoms with E-state index in [1.807, 2.05) is 25.1 Å². The van der Waals surface area contributed by atoms with Crippen molar-refractivity contribution in [2.24, 2.45) is 0 Å². The van der Waals surface area contributed by atoms with E-state index in [1.54, 1.807) is 30.3 Å². The Morgan fingerprint density at radius 1 is 0.620 bits per heavy atom. The van der Waals surface area contributed by atoms with Crippen molar-refractivity contribution in [3.8, 4) is 50.7 Å². The quantitative estimate of drug-likeness (QED) is 0.0563. The Hall–Kier alpha value is -8.99. The third kappa shape index (κ3) is 8.73. The number of hydrogen-bond acceptors (Lipinski definition) is 11. The lowest BCUT2D eigenvalue weighted by atomic mass is 9.89. The molecule has 2 aliphatic carbocycles. The molecule has 4 aliphatic rings. The van der Waals surface area contributed by atoms with Crippen molar-refractivity contribution >= 4 is 80.6 Å². The molecular formula is C53H36Cl2N4O12. The molecule has 0 atom stereocenters. The van der Waals surface area contributed by atoms with E-state index < -0.39 is 40.7 Å². The molecule has 16 nitrogen and oxygen atoms in total. The Morgan fingerprint density at radius 3 is 2.00 bits per heavy atom. The van der Waals surface area contributed by atoms with Gasteiger partial charge < -0.3 is 50.2 Å². The number of amides is 2. The highest BCUT2D eigenvalue weighted by atomic mass is 35.5. The molecular weight excluding hydrogens is 956 g/mol. The number of anilines is 1. The van der Waals surface area contributed by atoms with Gasteiger partial charge in [0.05, 0.1) is 49.8 Å². The van der Waals surface area contributed by atoms with Crippen LogP contribution in [0.4, 0.5) is 5.69 Å². The number of carboxylic acid groups (broad SMARTS) is 3. The first kappa shape index (κ1) is 47.1. The number of carbonyl (C=O) groups is 5. The fourth-order valence-electron chi connectivity index (χ4n) is 8.50. The van der Waals surface area contributed by atoms with Crippen molar-refractivity contribution in [1.29, 1.82) is 5.41 Å². The summed E-state index contributed by atoms with van der Waals surface area (Å²) in [6.07, 6.45) is 0. The number of fused-ring (bicyclic) bond motifs is 4. The summed E-state index contributed by atoms with van der Waals surface area (Å²) >= 11 is 13.7. The first-order valence-corrected chi connectivity index (χ1v) is 22.1. The van der Waals surface area contributed by atoms with Gasteiger partial charge in [0, 0.05) is 88.7 Å². The fraction of sp³-hybridized carbons (Fsp3) is 0.0755. The van der Waals surface area contributed by atoms with E-state index in [0.717, 1.165) is 17.8 Å². The van der Waals surface area contributed by atoms with Crippen LogP contribution in [0.2, 0.25) is 10.0 Å². The van der Waals surface area contributed by atoms with E-state index >= 15 is 0 Å². The van der Waals surface area contributed by atoms with Crippen LogP contribution in [0.1, 0.15) is 62.9 Å². The number of nitrogens with one attached hydrogen (secondary N) is 3. The van der Waals surface area contributed by atoms with Gasteiger partial charge in [-0.15, -0.1) is 0 Å². The zero-order valence-electron chi connectivity index (χ0n) is 37.1. The van der Waals surface area contributed by atoms with Crippen LogP contribution < -0.4 is 26.3 Å². The van der Waals surface area contributed by atoms with Crippen LogP contribution in [0.15, 0.2) is 129 Å². The average Bonchev–Trinajstić information content (AvgIpc) is 3.33. The molecule has 354 valence electrons. The molecule has 0 aromatic heterocycles. The largest absolute Gasteiger partial charge is 0.507 e. The van der Waals surface area contributed by atoms with E-state index in [1.165, 1.54) is 66.7 Å². The predicted molar refractivity (Wildman–Crippen MR) is 264 cm³/mol. The molecule has 71 heavy (non-hydrogen) atoms. The zero-order chi connectivity index (χ0) is 50.6. The number of phenolic OH excluding ortho intramolecular Hbond substituents is 1. The van der Waals surface area contributed by atoms with Crippen LogP contribution >= 0.6 is 23.2 Å². The van der Waals surface area contributed by atoms with E-state index in [9.17, 15) is 49.2 Å². The zero-order valence-corrected chi connectivity index (χ0v) is 38.7. The summed E-state index contributed by atoms with van der Waals surface area (Å²) in [7, 11) is 3.71. The maximum absolute atomic E-state index is 13.7. The Balaban J connectivity index is 0.970. The second kappa shape index (κ2) is 18.5. The molecule has 0 unspecified atom stereocenters. The number of carboxylic acids is 3. The van der Waals surface area contributed by atoms with Gasteiger partial charge in [-0.3, -0.25) is 14.4 Å². The van der Waals surface area contributed by atoms with Gasteiger partial charge in [-0.1, -0.05) is 35.3 Å². The highest BCUT2D eigenvalue weighted by molar-refractivity contribution is 6.41. The molecule has 5 aromatic carbocycles. The van der Waals surface area contributed by atoms with Crippen LogP contribution in [-0.2, 0) is 13.1 Å². The summed E-state index contributed by atoms with van der Waals surface area (Å²) in [5.41, 5.74) is 1.89. The second-order valence-corrected chi connectivity index (χ2v) is 17.3. The number of rotatable bonds is 12. The number of carbonyl (C=O) groups excluding carboxylic acids is 2. The second-order valence-electron chi connectivity index (χ2n) is 16.5. The molecule has 5 aromatic rings. The van der Waals surface area contributed by atoms with Crippen molar-refractivity contribution in [3.05, 3.63) is 180 Å². The van der Waals surface area contributed by atoms with Crippen LogP contribution in [0.25, 0.3) is 66.8 Å². The smallest absolute Gasteiger partial charge is 0.337 e. The molecule has 18 heteroatoms. The van der Waals surface area contributed by atoms with Crippen LogP contribution in [0.3, 0.4) is 0 Å². The normalized spacial score (nSPS) is 11.3. The highest BCUT2D eigenvalue weighted by Crippen LogP contribution is 2.48. The average molecular weight is 992 g/mol. The van der Waals surface area contributed by atoms with Crippen molar-refractivity contribution in [2.45, 2.75) is 13.1 Å². The Labute approximate surface area is 410 Å². The first-order chi connectivity index (χ1) is 33.9. The minimum atomic E-state index is -1.45. The number of aromatic hydroxyl groups is 1. The molecule has 0 saturated heterocycles. The van der Waals surface area contributed by atoms with Crippen LogP contribution in [0, 0.1) is 5.41 Å². The molecule has 2 aliphatic heterocycles. The van der Waals surface area contributed by atoms with Crippen LogP contribution in [0.5, 0.6) is 5.75 Å². The SMILES string of the molecule is CN(C)c1ccc2c(-c3c(Cl)cc(C(=O)NCc4ccc(C(=O)NCc5c(O)ccc6c(-c7cc(C(=O)O)ccc7C(=O)O)c7ccc(=O)cc-7oc56)cc4)c(Cl)c3C(=O)O)c3ccc(=N)cc-3oc2c1. The maximum atomic E-state index is 13.7. The number of aromatic carboxylic acids is 3. The lowest BCUT2D eigenvalue weighted by Crippen LogP contribution is -2.24. The first-order valence-electron chi connectivity index (χ1n) is 21.4. The summed E-state index contributed by atoms with van der Waals surface area (Å²) in [5.74, 6) is -5.42. The van der Waals surface area contributed by atoms with Gasteiger partial charge in [0.15, 0.2) is 5.43 Å². The molecule has 9 rings (SSSR count). The fourth-order valence-corrected chi connectivity index (χ4v) is 9.11. The summed E-state index contributed by atoms with van der Waals surface area (Å²) < 4.78 is 12.3. The Kier molecular flexibility index (Phi) is 12.3. The topological polar surface area (TPSA) is 261 Å². The molecule has 0 saturated carbocycles. The van der Waals surface area contributed by atoms with Crippen molar-refractivity contribution in [1.82, 2.24) is 10.6 Å². The van der Waals surface area contributed by atoms with Gasteiger partial charge in [-0.05, 0) is 96.1 Å². The third-order valence-corrected chi connectivity index (χ3v) is 12.6. The molecule has 7 N–H and O–H groups in total. The number of benzene rings is 7. The van der Waals surface area contributed by atoms with Gasteiger partial charge in [0.1, 0.15) is 28.4 Å². The molecule has 0 radical (unpaired) electrons. The molecule has 0 fully saturated rings. The lowest BCUT2D eigenvalue weighted by molar-refractivity contribution is 0.0682. The van der Waals surface area contributed by atoms with Gasteiger partial charge in [0.25, 0.3) is 11.8 Å². The summed E-state index contributed by atoms with van der Waals surface area (Å²) in [6, 6.07) is 27.6. The number of hydrogen-bond donors (Lipinski definition) is 7. The van der Waals surface area contributed by atoms with E-state index in [2.05, 4.69) is 10.6 Å². The van der Waals surface area contributed by atoms with Crippen molar-refractivity contribution in [3.63, 3.8) is 0 Å². The predicted octanol–water partition coefficient (Wildman–Crippen LogP) is 9.60. The molecule has 2 heterocycles. The van der Waals surface area contributed by atoms with E-state index in [0.29, 0.717) is 39.0 Å². The van der Waals surface area contributed by atoms with Crippen LogP contribution in [-0.4, -0.2) is 64.2 Å². The minimum absolute atomic E-state index is 0.00634. The lowest BCUT2D eigenvalue weighted by Gasteiger charge is -2.21. The maximum Gasteiger partial charge on any atom is 0.337 e.